The first-order chi connectivity index (χ1) is 20.0. The van der Waals surface area contributed by atoms with Crippen LogP contribution in [0, 0.1) is 5.82 Å². The van der Waals surface area contributed by atoms with Gasteiger partial charge in [-0.1, -0.05) is 41.9 Å². The fourth-order valence-corrected chi connectivity index (χ4v) is 7.01. The maximum absolute atomic E-state index is 16.5. The van der Waals surface area contributed by atoms with Gasteiger partial charge >= 0.3 is 6.01 Å². The summed E-state index contributed by atoms with van der Waals surface area (Å²) in [5.41, 5.74) is 1.05. The highest BCUT2D eigenvalue weighted by molar-refractivity contribution is 6.36. The van der Waals surface area contributed by atoms with Crippen molar-refractivity contribution in [2.45, 2.75) is 50.4 Å². The maximum Gasteiger partial charge on any atom is 0.319 e. The number of nitrogens with one attached hydrogen (secondary N) is 1. The number of likely N-dealkylation sites (N-methyl/N-ethyl adjacent to an activating group) is 1. The van der Waals surface area contributed by atoms with Crippen molar-refractivity contribution in [3.63, 3.8) is 0 Å². The van der Waals surface area contributed by atoms with E-state index in [4.69, 9.17) is 26.1 Å². The van der Waals surface area contributed by atoms with Crippen molar-refractivity contribution >= 4 is 39.1 Å². The predicted octanol–water partition coefficient (Wildman–Crippen LogP) is 5.07. The normalized spacial score (nSPS) is 24.5. The number of nitrogens with zero attached hydrogens (tertiary/aromatic N) is 5. The minimum atomic E-state index is -0.504. The molecule has 5 heterocycles. The number of anilines is 1. The number of likely N-dealkylation sites (tertiary alicyclic amines) is 1. The number of ether oxygens (including phenoxy) is 2. The summed E-state index contributed by atoms with van der Waals surface area (Å²) >= 11 is 6.59. The lowest BCUT2D eigenvalue weighted by molar-refractivity contribution is 0.0705. The third-order valence-corrected chi connectivity index (χ3v) is 9.04. The van der Waals surface area contributed by atoms with Gasteiger partial charge in [-0.05, 0) is 44.7 Å². The number of fused-ring (bicyclic) bond motifs is 4. The van der Waals surface area contributed by atoms with Crippen molar-refractivity contribution in [2.75, 3.05) is 44.8 Å². The van der Waals surface area contributed by atoms with E-state index < -0.39 is 5.82 Å². The van der Waals surface area contributed by atoms with Crippen molar-refractivity contribution in [1.29, 1.82) is 0 Å². The highest BCUT2D eigenvalue weighted by Gasteiger charge is 2.35. The molecule has 10 heteroatoms. The summed E-state index contributed by atoms with van der Waals surface area (Å²) in [6.07, 6.45) is 5.00. The quantitative estimate of drug-likeness (QED) is 0.327. The number of piperazine rings is 1. The molecule has 4 atom stereocenters. The fourth-order valence-electron chi connectivity index (χ4n) is 6.73. The Hall–Kier alpha value is -3.11. The molecule has 0 unspecified atom stereocenters. The smallest absolute Gasteiger partial charge is 0.319 e. The Morgan fingerprint density at radius 2 is 1.85 bits per heavy atom. The topological polar surface area (TPSA) is 75.6 Å². The van der Waals surface area contributed by atoms with Crippen LogP contribution in [0.1, 0.15) is 26.2 Å². The Morgan fingerprint density at radius 1 is 1.07 bits per heavy atom. The van der Waals surface area contributed by atoms with E-state index >= 15 is 4.39 Å². The van der Waals surface area contributed by atoms with Gasteiger partial charge in [0.25, 0.3) is 0 Å². The van der Waals surface area contributed by atoms with E-state index in [1.165, 1.54) is 0 Å². The van der Waals surface area contributed by atoms with E-state index in [1.54, 1.807) is 6.20 Å². The van der Waals surface area contributed by atoms with Gasteiger partial charge in [-0.25, -0.2) is 4.39 Å². The lowest BCUT2D eigenvalue weighted by atomic mass is 10.0. The van der Waals surface area contributed by atoms with Crippen molar-refractivity contribution in [3.05, 3.63) is 53.4 Å². The van der Waals surface area contributed by atoms with Gasteiger partial charge in [-0.3, -0.25) is 9.88 Å². The van der Waals surface area contributed by atoms with Crippen molar-refractivity contribution in [1.82, 2.24) is 25.2 Å². The monoisotopic (exact) mass is 576 g/mol. The number of benzene rings is 2. The van der Waals surface area contributed by atoms with E-state index in [2.05, 4.69) is 32.1 Å². The summed E-state index contributed by atoms with van der Waals surface area (Å²) in [6.45, 7) is 5.55. The van der Waals surface area contributed by atoms with E-state index in [0.717, 1.165) is 49.7 Å². The van der Waals surface area contributed by atoms with Gasteiger partial charge in [0.1, 0.15) is 23.6 Å². The van der Waals surface area contributed by atoms with Crippen LogP contribution in [0.5, 0.6) is 6.01 Å². The summed E-state index contributed by atoms with van der Waals surface area (Å²) in [5.74, 6) is 0.167. The number of aromatic nitrogens is 3. The zero-order chi connectivity index (χ0) is 28.1. The van der Waals surface area contributed by atoms with Gasteiger partial charge in [0.05, 0.1) is 11.5 Å². The zero-order valence-corrected chi connectivity index (χ0v) is 24.1. The zero-order valence-electron chi connectivity index (χ0n) is 23.3. The molecule has 0 saturated carbocycles. The van der Waals surface area contributed by atoms with Crippen LogP contribution in [0.4, 0.5) is 10.2 Å². The van der Waals surface area contributed by atoms with Gasteiger partial charge < -0.3 is 19.7 Å². The molecular weight excluding hydrogens is 543 g/mol. The van der Waals surface area contributed by atoms with Gasteiger partial charge in [0, 0.05) is 66.5 Å². The van der Waals surface area contributed by atoms with E-state index in [0.29, 0.717) is 47.1 Å². The molecule has 3 saturated heterocycles. The largest absolute Gasteiger partial charge is 0.462 e. The minimum absolute atomic E-state index is 0.167. The standard InChI is InChI=1S/C31H34ClFN6O2/c1-3-40-22-12-21(38(2)16-22)17-41-31-36-29-24(30(37-31)39-14-19-10-11-20(15-39)35-19)13-34-28(27(29)33)23-8-4-6-18-7-5-9-25(32)26(18)23/h4-9,13,19-22,35H,3,10-12,14-17H2,1-2H3/t19-,20+,21-,22+/m0/s1. The number of pyridine rings is 1. The van der Waals surface area contributed by atoms with Crippen LogP contribution in [0.2, 0.25) is 5.02 Å². The molecule has 0 amide bonds. The lowest BCUT2D eigenvalue weighted by Gasteiger charge is -2.34. The second-order valence-electron chi connectivity index (χ2n) is 11.4. The summed E-state index contributed by atoms with van der Waals surface area (Å²) in [6, 6.07) is 12.5. The molecule has 4 aromatic rings. The molecule has 3 fully saturated rings. The fraction of sp³-hybridized carbons (Fsp3) is 0.452. The molecule has 8 nitrogen and oxygen atoms in total. The Balaban J connectivity index is 1.30. The molecule has 0 spiro atoms. The van der Waals surface area contributed by atoms with Crippen LogP contribution in [0.3, 0.4) is 0 Å². The Morgan fingerprint density at radius 3 is 2.63 bits per heavy atom. The second kappa shape index (κ2) is 10.9. The Labute approximate surface area is 243 Å². The van der Waals surface area contributed by atoms with Gasteiger partial charge in [0.15, 0.2) is 5.82 Å². The third-order valence-electron chi connectivity index (χ3n) is 8.73. The molecule has 3 aliphatic heterocycles. The molecule has 214 valence electrons. The average molecular weight is 577 g/mol. The number of halogens is 2. The molecule has 7 rings (SSSR count). The molecule has 2 bridgehead atoms. The van der Waals surface area contributed by atoms with Crippen molar-refractivity contribution in [2.24, 2.45) is 0 Å². The van der Waals surface area contributed by atoms with Gasteiger partial charge in [-0.15, -0.1) is 0 Å². The first-order valence-corrected chi connectivity index (χ1v) is 14.9. The van der Waals surface area contributed by atoms with Crippen LogP contribution in [0.15, 0.2) is 42.6 Å². The number of hydrogen-bond acceptors (Lipinski definition) is 8. The molecule has 1 N–H and O–H groups in total. The van der Waals surface area contributed by atoms with Gasteiger partial charge in [0.2, 0.25) is 0 Å². The van der Waals surface area contributed by atoms with E-state index in [1.807, 2.05) is 43.3 Å². The summed E-state index contributed by atoms with van der Waals surface area (Å²) < 4.78 is 28.6. The Kier molecular flexibility index (Phi) is 7.15. The molecule has 0 aliphatic carbocycles. The van der Waals surface area contributed by atoms with Crippen LogP contribution in [0.25, 0.3) is 32.9 Å². The van der Waals surface area contributed by atoms with Crippen LogP contribution in [-0.4, -0.2) is 84.0 Å². The van der Waals surface area contributed by atoms with E-state index in [-0.39, 0.29) is 29.4 Å². The predicted molar refractivity (Wildman–Crippen MR) is 159 cm³/mol. The highest BCUT2D eigenvalue weighted by atomic mass is 35.5. The summed E-state index contributed by atoms with van der Waals surface area (Å²) in [7, 11) is 2.07. The van der Waals surface area contributed by atoms with Gasteiger partial charge in [-0.2, -0.15) is 9.97 Å². The molecular formula is C31H34ClFN6O2. The van der Waals surface area contributed by atoms with Crippen molar-refractivity contribution < 1.29 is 13.9 Å². The average Bonchev–Trinajstić information content (AvgIpc) is 3.51. The lowest BCUT2D eigenvalue weighted by Crippen LogP contribution is -2.51. The van der Waals surface area contributed by atoms with Crippen molar-refractivity contribution in [3.8, 4) is 17.3 Å². The summed E-state index contributed by atoms with van der Waals surface area (Å²) in [5, 5.41) is 6.48. The molecule has 2 aromatic carbocycles. The molecule has 0 radical (unpaired) electrons. The third kappa shape index (κ3) is 4.99. The molecule has 3 aliphatic rings. The highest BCUT2D eigenvalue weighted by Crippen LogP contribution is 2.38. The SMILES string of the molecule is CCO[C@@H]1C[C@@H](COc2nc(N3C[C@H]4CC[C@@H](C3)N4)c3cnc(-c4cccc5cccc(Cl)c45)c(F)c3n2)N(C)C1. The minimum Gasteiger partial charge on any atom is -0.462 e. The summed E-state index contributed by atoms with van der Waals surface area (Å²) in [4.78, 5) is 18.6. The Bertz CT molecular complexity index is 1590. The molecule has 2 aromatic heterocycles. The van der Waals surface area contributed by atoms with Crippen LogP contribution >= 0.6 is 11.6 Å². The van der Waals surface area contributed by atoms with Crippen LogP contribution < -0.4 is 15.0 Å². The molecule has 41 heavy (non-hydrogen) atoms. The first-order valence-electron chi connectivity index (χ1n) is 14.5. The number of rotatable bonds is 7. The van der Waals surface area contributed by atoms with Crippen LogP contribution in [-0.2, 0) is 4.74 Å². The number of hydrogen-bond donors (Lipinski definition) is 1. The first kappa shape index (κ1) is 26.8. The second-order valence-corrected chi connectivity index (χ2v) is 11.8. The van der Waals surface area contributed by atoms with E-state index in [9.17, 15) is 0 Å². The maximum atomic E-state index is 16.5.